The normalized spacial score (nSPS) is 13.9. The molecule has 2 heterocycles. The summed E-state index contributed by atoms with van der Waals surface area (Å²) in [5.74, 6) is -5.54. The molecular formula is C21H30N10O7. The number of H-pyrrole nitrogens is 2. The Morgan fingerprint density at radius 1 is 0.789 bits per heavy atom. The molecule has 206 valence electrons. The topological polar surface area (TPSA) is 294 Å². The summed E-state index contributed by atoms with van der Waals surface area (Å²) >= 11 is 0. The molecule has 0 radical (unpaired) electrons. The molecule has 2 aromatic rings. The van der Waals surface area contributed by atoms with Crippen LogP contribution in [0.3, 0.4) is 0 Å². The van der Waals surface area contributed by atoms with E-state index < -0.39 is 66.1 Å². The molecule has 0 saturated heterocycles. The highest BCUT2D eigenvalue weighted by atomic mass is 16.4. The molecule has 17 heteroatoms. The van der Waals surface area contributed by atoms with Crippen molar-refractivity contribution in [3.63, 3.8) is 0 Å². The second-order valence-electron chi connectivity index (χ2n) is 8.37. The zero-order chi connectivity index (χ0) is 28.2. The van der Waals surface area contributed by atoms with Gasteiger partial charge in [-0.2, -0.15) is 0 Å². The van der Waals surface area contributed by atoms with E-state index in [1.807, 2.05) is 0 Å². The molecule has 0 bridgehead atoms. The molecule has 5 amide bonds. The van der Waals surface area contributed by atoms with Crippen LogP contribution in [0.4, 0.5) is 0 Å². The van der Waals surface area contributed by atoms with Gasteiger partial charge in [-0.15, -0.1) is 0 Å². The first kappa shape index (κ1) is 29.4. The van der Waals surface area contributed by atoms with E-state index in [4.69, 9.17) is 17.2 Å². The van der Waals surface area contributed by atoms with Crippen molar-refractivity contribution in [1.29, 1.82) is 0 Å². The number of carboxylic acids is 1. The van der Waals surface area contributed by atoms with E-state index in [0.29, 0.717) is 11.4 Å². The van der Waals surface area contributed by atoms with Crippen LogP contribution in [0.15, 0.2) is 25.0 Å². The summed E-state index contributed by atoms with van der Waals surface area (Å²) in [6, 6.07) is -5.41. The van der Waals surface area contributed by atoms with Crippen LogP contribution in [-0.2, 0) is 41.6 Å². The first-order valence-electron chi connectivity index (χ1n) is 11.4. The maximum atomic E-state index is 13.2. The molecule has 4 atom stereocenters. The van der Waals surface area contributed by atoms with E-state index in [2.05, 4.69) is 35.9 Å². The van der Waals surface area contributed by atoms with Crippen LogP contribution in [0.25, 0.3) is 0 Å². The van der Waals surface area contributed by atoms with Crippen LogP contribution in [0, 0.1) is 0 Å². The Balaban J connectivity index is 2.20. The fourth-order valence-corrected chi connectivity index (χ4v) is 3.33. The van der Waals surface area contributed by atoms with Gasteiger partial charge in [0, 0.05) is 43.0 Å². The Labute approximate surface area is 215 Å². The van der Waals surface area contributed by atoms with Crippen LogP contribution in [0.1, 0.15) is 30.7 Å². The lowest BCUT2D eigenvalue weighted by Gasteiger charge is -2.25. The number of imidazole rings is 2. The number of primary amides is 2. The van der Waals surface area contributed by atoms with E-state index in [9.17, 15) is 33.9 Å². The van der Waals surface area contributed by atoms with Crippen LogP contribution >= 0.6 is 0 Å². The summed E-state index contributed by atoms with van der Waals surface area (Å²) in [5, 5.41) is 16.7. The SMILES string of the molecule is NC(=O)CCC(NC(=O)C(Cc1cnc[nH]1)NC(=O)C(N)CC(N)=O)C(=O)NC(Cc1cnc[nH]1)C(=O)O. The summed E-state index contributed by atoms with van der Waals surface area (Å²) in [5.41, 5.74) is 16.8. The average Bonchev–Trinajstić information content (AvgIpc) is 3.54. The zero-order valence-corrected chi connectivity index (χ0v) is 20.2. The number of nitrogens with one attached hydrogen (secondary N) is 5. The first-order valence-corrected chi connectivity index (χ1v) is 11.4. The summed E-state index contributed by atoms with van der Waals surface area (Å²) < 4.78 is 0. The van der Waals surface area contributed by atoms with E-state index >= 15 is 0 Å². The largest absolute Gasteiger partial charge is 0.480 e. The molecule has 17 nitrogen and oxygen atoms in total. The van der Waals surface area contributed by atoms with Crippen molar-refractivity contribution in [2.45, 2.75) is 56.3 Å². The van der Waals surface area contributed by atoms with Crippen LogP contribution in [0.2, 0.25) is 0 Å². The number of carbonyl (C=O) groups is 6. The molecule has 0 aromatic carbocycles. The molecule has 0 fully saturated rings. The molecule has 0 saturated carbocycles. The van der Waals surface area contributed by atoms with E-state index in [0.717, 1.165) is 0 Å². The highest BCUT2D eigenvalue weighted by molar-refractivity contribution is 5.95. The summed E-state index contributed by atoms with van der Waals surface area (Å²) in [7, 11) is 0. The Morgan fingerprint density at radius 2 is 1.29 bits per heavy atom. The molecule has 0 aliphatic carbocycles. The summed E-state index contributed by atoms with van der Waals surface area (Å²) in [6.45, 7) is 0. The minimum absolute atomic E-state index is 0.109. The van der Waals surface area contributed by atoms with Crippen molar-refractivity contribution in [1.82, 2.24) is 35.9 Å². The summed E-state index contributed by atoms with van der Waals surface area (Å²) in [6.07, 6.45) is 4.21. The maximum absolute atomic E-state index is 13.2. The Kier molecular flexibility index (Phi) is 10.9. The second kappa shape index (κ2) is 14.1. The number of aromatic amines is 2. The minimum Gasteiger partial charge on any atom is -0.480 e. The van der Waals surface area contributed by atoms with Gasteiger partial charge >= 0.3 is 5.97 Å². The van der Waals surface area contributed by atoms with E-state index in [-0.39, 0.29) is 25.7 Å². The van der Waals surface area contributed by atoms with Crippen molar-refractivity contribution in [3.05, 3.63) is 36.4 Å². The van der Waals surface area contributed by atoms with Gasteiger partial charge in [-0.05, 0) is 6.42 Å². The minimum atomic E-state index is -1.39. The van der Waals surface area contributed by atoms with Gasteiger partial charge in [-0.25, -0.2) is 14.8 Å². The highest BCUT2D eigenvalue weighted by Crippen LogP contribution is 2.06. The lowest BCUT2D eigenvalue weighted by Crippen LogP contribution is -2.58. The van der Waals surface area contributed by atoms with Crippen molar-refractivity contribution in [2.24, 2.45) is 17.2 Å². The Bertz CT molecular complexity index is 1120. The monoisotopic (exact) mass is 534 g/mol. The van der Waals surface area contributed by atoms with Crippen molar-refractivity contribution in [3.8, 4) is 0 Å². The van der Waals surface area contributed by atoms with Gasteiger partial charge in [0.05, 0.1) is 25.1 Å². The maximum Gasteiger partial charge on any atom is 0.326 e. The fourth-order valence-electron chi connectivity index (χ4n) is 3.33. The molecule has 2 rings (SSSR count). The number of carbonyl (C=O) groups excluding carboxylic acids is 5. The third kappa shape index (κ3) is 9.69. The van der Waals surface area contributed by atoms with Gasteiger partial charge in [0.25, 0.3) is 0 Å². The fraction of sp³-hybridized carbons (Fsp3) is 0.429. The molecule has 0 aliphatic heterocycles. The molecule has 38 heavy (non-hydrogen) atoms. The number of hydrogen-bond donors (Lipinski definition) is 9. The van der Waals surface area contributed by atoms with E-state index in [1.54, 1.807) is 0 Å². The van der Waals surface area contributed by atoms with Gasteiger partial charge in [-0.1, -0.05) is 0 Å². The number of nitrogens with two attached hydrogens (primary N) is 3. The van der Waals surface area contributed by atoms with Gasteiger partial charge in [-0.3, -0.25) is 24.0 Å². The predicted molar refractivity (Wildman–Crippen MR) is 128 cm³/mol. The average molecular weight is 535 g/mol. The van der Waals surface area contributed by atoms with Crippen molar-refractivity contribution < 1.29 is 33.9 Å². The van der Waals surface area contributed by atoms with Crippen molar-refractivity contribution in [2.75, 3.05) is 0 Å². The standard InChI is InChI=1S/C21H30N10O7/c22-12(5-17(24)33)18(34)30-14(3-10-6-25-8-27-10)20(36)29-13(1-2-16(23)32)19(35)31-15(21(37)38)4-11-7-26-9-28-11/h6-9,12-15H,1-5,22H2,(H2,23,32)(H2,24,33)(H,25,27)(H,26,28)(H,29,36)(H,30,34)(H,31,35)(H,37,38). The Morgan fingerprint density at radius 3 is 1.76 bits per heavy atom. The lowest BCUT2D eigenvalue weighted by molar-refractivity contribution is -0.142. The summed E-state index contributed by atoms with van der Waals surface area (Å²) in [4.78, 5) is 85.9. The highest BCUT2D eigenvalue weighted by Gasteiger charge is 2.31. The van der Waals surface area contributed by atoms with Gasteiger partial charge < -0.3 is 48.2 Å². The number of aliphatic carboxylic acids is 1. The molecule has 12 N–H and O–H groups in total. The lowest BCUT2D eigenvalue weighted by atomic mass is 10.1. The first-order chi connectivity index (χ1) is 18.0. The van der Waals surface area contributed by atoms with Gasteiger partial charge in [0.2, 0.25) is 29.5 Å². The quantitative estimate of drug-likeness (QED) is 0.100. The number of amides is 5. The molecule has 0 spiro atoms. The van der Waals surface area contributed by atoms with Crippen LogP contribution in [-0.4, -0.2) is 84.7 Å². The third-order valence-electron chi connectivity index (χ3n) is 5.28. The smallest absolute Gasteiger partial charge is 0.326 e. The number of hydrogen-bond acceptors (Lipinski definition) is 9. The molecule has 2 aromatic heterocycles. The van der Waals surface area contributed by atoms with Crippen LogP contribution in [0.5, 0.6) is 0 Å². The van der Waals surface area contributed by atoms with Crippen molar-refractivity contribution >= 4 is 35.5 Å². The third-order valence-corrected chi connectivity index (χ3v) is 5.28. The van der Waals surface area contributed by atoms with E-state index in [1.165, 1.54) is 25.0 Å². The van der Waals surface area contributed by atoms with Gasteiger partial charge in [0.15, 0.2) is 0 Å². The zero-order valence-electron chi connectivity index (χ0n) is 20.2. The number of carboxylic acid groups (broad SMARTS) is 1. The molecule has 4 unspecified atom stereocenters. The number of rotatable bonds is 16. The Hall–Kier alpha value is -4.80. The van der Waals surface area contributed by atoms with Crippen LogP contribution < -0.4 is 33.2 Å². The second-order valence-corrected chi connectivity index (χ2v) is 8.37. The van der Waals surface area contributed by atoms with Gasteiger partial charge in [0.1, 0.15) is 18.1 Å². The predicted octanol–water partition coefficient (Wildman–Crippen LogP) is -4.07. The molecule has 0 aliphatic rings. The number of aromatic nitrogens is 4. The molecular weight excluding hydrogens is 504 g/mol. The number of nitrogens with zero attached hydrogens (tertiary/aromatic N) is 2.